The number of primary amides is 1. The molecule has 0 radical (unpaired) electrons. The van der Waals surface area contributed by atoms with Crippen molar-refractivity contribution in [1.82, 2.24) is 5.32 Å². The van der Waals surface area contributed by atoms with Gasteiger partial charge in [-0.2, -0.15) is 0 Å². The Bertz CT molecular complexity index is 823. The molecule has 0 aliphatic heterocycles. The lowest BCUT2D eigenvalue weighted by molar-refractivity contribution is 0.0999. The predicted molar refractivity (Wildman–Crippen MR) is 97.6 cm³/mol. The number of benzene rings is 2. The van der Waals surface area contributed by atoms with Gasteiger partial charge in [-0.05, 0) is 23.8 Å². The van der Waals surface area contributed by atoms with Crippen molar-refractivity contribution in [1.29, 1.82) is 0 Å². The topological polar surface area (TPSA) is 90.7 Å². The lowest BCUT2D eigenvalue weighted by Gasteiger charge is -2.05. The van der Waals surface area contributed by atoms with E-state index in [9.17, 15) is 9.59 Å². The van der Waals surface area contributed by atoms with Gasteiger partial charge in [0.15, 0.2) is 0 Å². The zero-order chi connectivity index (χ0) is 18.8. The summed E-state index contributed by atoms with van der Waals surface area (Å²) >= 11 is 0. The Morgan fingerprint density at radius 2 is 1.92 bits per heavy atom. The second kappa shape index (κ2) is 9.74. The van der Waals surface area contributed by atoms with Crippen molar-refractivity contribution in [2.24, 2.45) is 5.73 Å². The third-order valence-electron chi connectivity index (χ3n) is 3.45. The van der Waals surface area contributed by atoms with Crippen LogP contribution in [-0.2, 0) is 11.3 Å². The Morgan fingerprint density at radius 1 is 1.15 bits per heavy atom. The molecule has 0 spiro atoms. The van der Waals surface area contributed by atoms with Gasteiger partial charge in [0, 0.05) is 18.5 Å². The molecule has 0 aliphatic carbocycles. The third-order valence-corrected chi connectivity index (χ3v) is 3.45. The van der Waals surface area contributed by atoms with Gasteiger partial charge in [0.2, 0.25) is 5.91 Å². The van der Waals surface area contributed by atoms with Gasteiger partial charge in [0.05, 0.1) is 12.7 Å². The Hall–Kier alpha value is -3.46. The largest absolute Gasteiger partial charge is 0.497 e. The zero-order valence-corrected chi connectivity index (χ0v) is 14.5. The van der Waals surface area contributed by atoms with E-state index in [-0.39, 0.29) is 6.61 Å². The number of methoxy groups -OCH3 is 1. The molecule has 0 atom stereocenters. The molecule has 0 unspecified atom stereocenters. The van der Waals surface area contributed by atoms with Crippen molar-refractivity contribution < 1.29 is 19.1 Å². The minimum Gasteiger partial charge on any atom is -0.497 e. The third kappa shape index (κ3) is 5.87. The molecule has 0 aromatic heterocycles. The molecule has 2 aromatic carbocycles. The summed E-state index contributed by atoms with van der Waals surface area (Å²) in [6, 6.07) is 14.3. The van der Waals surface area contributed by atoms with E-state index in [4.69, 9.17) is 15.2 Å². The lowest BCUT2D eigenvalue weighted by atomic mass is 10.1. The minimum atomic E-state index is -0.573. The summed E-state index contributed by atoms with van der Waals surface area (Å²) in [5.74, 6) is 5.73. The van der Waals surface area contributed by atoms with E-state index in [0.29, 0.717) is 29.8 Å². The predicted octanol–water partition coefficient (Wildman–Crippen LogP) is 2.46. The maximum absolute atomic E-state index is 11.6. The highest BCUT2D eigenvalue weighted by molar-refractivity contribution is 5.95. The maximum Gasteiger partial charge on any atom is 0.407 e. The fourth-order valence-corrected chi connectivity index (χ4v) is 2.12. The number of ether oxygens (including phenoxy) is 2. The molecule has 0 bridgehead atoms. The Morgan fingerprint density at radius 3 is 2.62 bits per heavy atom. The molecule has 2 amide bonds. The van der Waals surface area contributed by atoms with Gasteiger partial charge < -0.3 is 20.5 Å². The summed E-state index contributed by atoms with van der Waals surface area (Å²) < 4.78 is 10.2. The molecule has 6 nitrogen and oxygen atoms in total. The van der Waals surface area contributed by atoms with Crippen molar-refractivity contribution >= 4 is 12.0 Å². The molecular formula is C20H20N2O4. The molecule has 0 saturated heterocycles. The highest BCUT2D eigenvalue weighted by Crippen LogP contribution is 2.16. The number of rotatable bonds is 6. The number of carbonyl (C=O) groups excluding carboxylic acids is 2. The summed E-state index contributed by atoms with van der Waals surface area (Å²) in [4.78, 5) is 23.1. The first-order chi connectivity index (χ1) is 12.6. The molecular weight excluding hydrogens is 332 g/mol. The van der Waals surface area contributed by atoms with Crippen LogP contribution in [0, 0.1) is 11.8 Å². The SMILES string of the molecule is COc1ccc(C#CCCNC(=O)OCc2ccccc2)c(C(N)=O)c1. The number of amides is 2. The average molecular weight is 352 g/mol. The Balaban J connectivity index is 1.80. The van der Waals surface area contributed by atoms with Crippen molar-refractivity contribution in [3.05, 3.63) is 65.2 Å². The number of nitrogens with two attached hydrogens (primary N) is 1. The van der Waals surface area contributed by atoms with E-state index in [1.807, 2.05) is 30.3 Å². The summed E-state index contributed by atoms with van der Waals surface area (Å²) in [6.07, 6.45) is -0.0945. The highest BCUT2D eigenvalue weighted by Gasteiger charge is 2.08. The van der Waals surface area contributed by atoms with Crippen LogP contribution >= 0.6 is 0 Å². The molecule has 134 valence electrons. The van der Waals surface area contributed by atoms with Crippen LogP contribution in [0.4, 0.5) is 4.79 Å². The van der Waals surface area contributed by atoms with Gasteiger partial charge in [0.25, 0.3) is 0 Å². The summed E-state index contributed by atoms with van der Waals surface area (Å²) in [5, 5.41) is 2.62. The Labute approximate surface area is 152 Å². The molecule has 2 rings (SSSR count). The van der Waals surface area contributed by atoms with Crippen molar-refractivity contribution in [2.45, 2.75) is 13.0 Å². The smallest absolute Gasteiger partial charge is 0.407 e. The van der Waals surface area contributed by atoms with Crippen LogP contribution in [0.2, 0.25) is 0 Å². The normalized spacial score (nSPS) is 9.58. The summed E-state index contributed by atoms with van der Waals surface area (Å²) in [6.45, 7) is 0.550. The van der Waals surface area contributed by atoms with Crippen molar-refractivity contribution in [3.63, 3.8) is 0 Å². The lowest BCUT2D eigenvalue weighted by Crippen LogP contribution is -2.24. The fraction of sp³-hybridized carbons (Fsp3) is 0.200. The number of carbonyl (C=O) groups is 2. The number of hydrogen-bond acceptors (Lipinski definition) is 4. The van der Waals surface area contributed by atoms with Crippen LogP contribution in [0.15, 0.2) is 48.5 Å². The van der Waals surface area contributed by atoms with E-state index >= 15 is 0 Å². The minimum absolute atomic E-state index is 0.214. The Kier molecular flexibility index (Phi) is 7.07. The molecule has 0 saturated carbocycles. The monoisotopic (exact) mass is 352 g/mol. The van der Waals surface area contributed by atoms with Gasteiger partial charge in [-0.25, -0.2) is 4.79 Å². The summed E-state index contributed by atoms with van der Waals surface area (Å²) in [7, 11) is 1.51. The molecule has 26 heavy (non-hydrogen) atoms. The number of nitrogens with one attached hydrogen (secondary N) is 1. The van der Waals surface area contributed by atoms with Gasteiger partial charge in [-0.3, -0.25) is 4.79 Å². The van der Waals surface area contributed by atoms with Crippen LogP contribution in [-0.4, -0.2) is 25.7 Å². The van der Waals surface area contributed by atoms with E-state index in [1.165, 1.54) is 7.11 Å². The molecule has 2 aromatic rings. The van der Waals surface area contributed by atoms with Crippen LogP contribution in [0.3, 0.4) is 0 Å². The first-order valence-electron chi connectivity index (χ1n) is 8.01. The van der Waals surface area contributed by atoms with Gasteiger partial charge >= 0.3 is 6.09 Å². The van der Waals surface area contributed by atoms with Crippen molar-refractivity contribution in [3.8, 4) is 17.6 Å². The number of hydrogen-bond donors (Lipinski definition) is 2. The van der Waals surface area contributed by atoms with Crippen LogP contribution in [0.1, 0.15) is 27.9 Å². The van der Waals surface area contributed by atoms with Gasteiger partial charge in [0.1, 0.15) is 12.4 Å². The average Bonchev–Trinajstić information content (AvgIpc) is 2.66. The van der Waals surface area contributed by atoms with E-state index in [2.05, 4.69) is 17.2 Å². The molecule has 6 heteroatoms. The summed E-state index contributed by atoms with van der Waals surface area (Å²) in [5.41, 5.74) is 7.09. The van der Waals surface area contributed by atoms with Crippen molar-refractivity contribution in [2.75, 3.05) is 13.7 Å². The maximum atomic E-state index is 11.6. The second-order valence-electron chi connectivity index (χ2n) is 5.32. The van der Waals surface area contributed by atoms with Crippen LogP contribution in [0.25, 0.3) is 0 Å². The molecule has 0 fully saturated rings. The molecule has 3 N–H and O–H groups in total. The van der Waals surface area contributed by atoms with E-state index < -0.39 is 12.0 Å². The highest BCUT2D eigenvalue weighted by atomic mass is 16.5. The zero-order valence-electron chi connectivity index (χ0n) is 14.5. The fourth-order valence-electron chi connectivity index (χ4n) is 2.12. The van der Waals surface area contributed by atoms with Crippen LogP contribution in [0.5, 0.6) is 5.75 Å². The van der Waals surface area contributed by atoms with E-state index in [1.54, 1.807) is 18.2 Å². The van der Waals surface area contributed by atoms with E-state index in [0.717, 1.165) is 5.56 Å². The van der Waals surface area contributed by atoms with Gasteiger partial charge in [-0.15, -0.1) is 0 Å². The van der Waals surface area contributed by atoms with Crippen LogP contribution < -0.4 is 15.8 Å². The second-order valence-corrected chi connectivity index (χ2v) is 5.32. The van der Waals surface area contributed by atoms with Gasteiger partial charge in [-0.1, -0.05) is 42.2 Å². The molecule has 0 heterocycles. The first kappa shape index (κ1) is 18.9. The first-order valence-corrected chi connectivity index (χ1v) is 8.01. The quantitative estimate of drug-likeness (QED) is 0.617. The standard InChI is InChI=1S/C20H20N2O4/c1-25-17-11-10-16(18(13-17)19(21)23)9-5-6-12-22-20(24)26-14-15-7-3-2-4-8-15/h2-4,7-8,10-11,13H,6,12,14H2,1H3,(H2,21,23)(H,22,24). The number of alkyl carbamates (subject to hydrolysis) is 1. The molecule has 0 aliphatic rings.